The van der Waals surface area contributed by atoms with Crippen LogP contribution < -0.4 is 5.32 Å². The molecular weight excluding hydrogens is 292 g/mol. The smallest absolute Gasteiger partial charge is 0.253 e. The van der Waals surface area contributed by atoms with Crippen molar-refractivity contribution in [1.29, 1.82) is 0 Å². The van der Waals surface area contributed by atoms with Crippen molar-refractivity contribution in [1.82, 2.24) is 19.8 Å². The number of hydrogen-bond acceptors (Lipinski definition) is 3. The molecule has 2 amide bonds. The molecule has 1 aromatic carbocycles. The molecule has 1 aliphatic rings. The predicted octanol–water partition coefficient (Wildman–Crippen LogP) is 1.47. The van der Waals surface area contributed by atoms with Gasteiger partial charge in [-0.3, -0.25) is 9.59 Å². The average molecular weight is 312 g/mol. The van der Waals surface area contributed by atoms with Crippen molar-refractivity contribution in [2.24, 2.45) is 5.92 Å². The molecule has 0 spiro atoms. The summed E-state index contributed by atoms with van der Waals surface area (Å²) in [4.78, 5) is 30.2. The molecule has 1 aromatic heterocycles. The van der Waals surface area contributed by atoms with Gasteiger partial charge in [0.2, 0.25) is 5.91 Å². The number of nitrogens with zero attached hydrogens (tertiary/aromatic N) is 3. The van der Waals surface area contributed by atoms with Crippen LogP contribution in [0.3, 0.4) is 0 Å². The van der Waals surface area contributed by atoms with Crippen molar-refractivity contribution in [3.05, 3.63) is 48.5 Å². The van der Waals surface area contributed by atoms with Gasteiger partial charge in [0.05, 0.1) is 12.2 Å². The first-order valence-corrected chi connectivity index (χ1v) is 7.78. The molecule has 6 nitrogen and oxygen atoms in total. The highest BCUT2D eigenvalue weighted by Crippen LogP contribution is 2.19. The van der Waals surface area contributed by atoms with E-state index in [1.54, 1.807) is 24.5 Å². The fourth-order valence-electron chi connectivity index (χ4n) is 2.95. The van der Waals surface area contributed by atoms with E-state index in [2.05, 4.69) is 10.3 Å². The summed E-state index contributed by atoms with van der Waals surface area (Å²) in [5.74, 6) is -0.114. The molecule has 6 heteroatoms. The topological polar surface area (TPSA) is 67.2 Å². The Hall–Kier alpha value is -2.63. The number of rotatable bonds is 3. The summed E-state index contributed by atoms with van der Waals surface area (Å²) in [6.45, 7) is 1.19. The Kier molecular flexibility index (Phi) is 4.41. The summed E-state index contributed by atoms with van der Waals surface area (Å²) >= 11 is 0. The molecule has 0 radical (unpaired) electrons. The summed E-state index contributed by atoms with van der Waals surface area (Å²) in [6, 6.07) is 7.44. The van der Waals surface area contributed by atoms with Crippen molar-refractivity contribution in [3.8, 4) is 5.69 Å². The van der Waals surface area contributed by atoms with Gasteiger partial charge in [0.1, 0.15) is 0 Å². The lowest BCUT2D eigenvalue weighted by molar-refractivity contribution is -0.125. The normalized spacial score (nSPS) is 17.8. The minimum Gasteiger partial charge on any atom is -0.359 e. The number of imidazole rings is 1. The Morgan fingerprint density at radius 1 is 1.26 bits per heavy atom. The van der Waals surface area contributed by atoms with E-state index in [0.29, 0.717) is 18.7 Å². The van der Waals surface area contributed by atoms with Crippen molar-refractivity contribution >= 4 is 11.8 Å². The predicted molar refractivity (Wildman–Crippen MR) is 86.3 cm³/mol. The number of aromatic nitrogens is 2. The number of likely N-dealkylation sites (tertiary alicyclic amines) is 1. The molecule has 23 heavy (non-hydrogen) atoms. The van der Waals surface area contributed by atoms with Gasteiger partial charge in [0.15, 0.2) is 0 Å². The third-order valence-corrected chi connectivity index (χ3v) is 4.24. The van der Waals surface area contributed by atoms with E-state index in [1.807, 2.05) is 35.0 Å². The molecule has 1 saturated heterocycles. The molecule has 0 saturated carbocycles. The van der Waals surface area contributed by atoms with Crippen LogP contribution in [0.5, 0.6) is 0 Å². The lowest BCUT2D eigenvalue weighted by Gasteiger charge is -2.31. The molecule has 2 heterocycles. The Balaban J connectivity index is 1.71. The summed E-state index contributed by atoms with van der Waals surface area (Å²) in [7, 11) is 1.64. The van der Waals surface area contributed by atoms with Crippen LogP contribution in [0.15, 0.2) is 43.0 Å². The number of hydrogen-bond donors (Lipinski definition) is 1. The highest BCUT2D eigenvalue weighted by atomic mass is 16.2. The highest BCUT2D eigenvalue weighted by molar-refractivity contribution is 5.95. The van der Waals surface area contributed by atoms with Crippen LogP contribution >= 0.6 is 0 Å². The van der Waals surface area contributed by atoms with Gasteiger partial charge in [-0.05, 0) is 37.1 Å². The van der Waals surface area contributed by atoms with Crippen LogP contribution in [-0.2, 0) is 4.79 Å². The molecular formula is C17H20N4O2. The van der Waals surface area contributed by atoms with Gasteiger partial charge >= 0.3 is 0 Å². The molecule has 1 fully saturated rings. The molecule has 1 N–H and O–H groups in total. The zero-order chi connectivity index (χ0) is 16.2. The fraction of sp³-hybridized carbons (Fsp3) is 0.353. The first-order valence-electron chi connectivity index (χ1n) is 7.78. The second kappa shape index (κ2) is 6.64. The molecule has 0 bridgehead atoms. The van der Waals surface area contributed by atoms with E-state index in [1.165, 1.54) is 0 Å². The van der Waals surface area contributed by atoms with E-state index in [0.717, 1.165) is 18.5 Å². The van der Waals surface area contributed by atoms with Crippen LogP contribution in [0.1, 0.15) is 23.2 Å². The van der Waals surface area contributed by atoms with Gasteiger partial charge in [0, 0.05) is 43.8 Å². The van der Waals surface area contributed by atoms with Gasteiger partial charge in [0.25, 0.3) is 5.91 Å². The third-order valence-electron chi connectivity index (χ3n) is 4.24. The van der Waals surface area contributed by atoms with Gasteiger partial charge in [-0.25, -0.2) is 4.98 Å². The second-order valence-corrected chi connectivity index (χ2v) is 5.72. The largest absolute Gasteiger partial charge is 0.359 e. The van der Waals surface area contributed by atoms with Gasteiger partial charge < -0.3 is 14.8 Å². The number of carbonyl (C=O) groups is 2. The number of benzene rings is 1. The van der Waals surface area contributed by atoms with E-state index >= 15 is 0 Å². The van der Waals surface area contributed by atoms with Crippen LogP contribution in [0.2, 0.25) is 0 Å². The zero-order valence-electron chi connectivity index (χ0n) is 13.1. The van der Waals surface area contributed by atoms with Crippen LogP contribution in [0, 0.1) is 5.92 Å². The first-order chi connectivity index (χ1) is 11.2. The lowest BCUT2D eigenvalue weighted by Crippen LogP contribution is -2.44. The van der Waals surface area contributed by atoms with E-state index in [-0.39, 0.29) is 17.7 Å². The maximum Gasteiger partial charge on any atom is 0.253 e. The minimum atomic E-state index is -0.108. The van der Waals surface area contributed by atoms with Crippen molar-refractivity contribution in [2.75, 3.05) is 20.1 Å². The maximum absolute atomic E-state index is 12.6. The summed E-state index contributed by atoms with van der Waals surface area (Å²) in [6.07, 6.45) is 6.98. The molecule has 1 aliphatic heterocycles. The number of nitrogens with one attached hydrogen (secondary N) is 1. The summed E-state index contributed by atoms with van der Waals surface area (Å²) < 4.78 is 1.89. The summed E-state index contributed by atoms with van der Waals surface area (Å²) in [5.41, 5.74) is 1.60. The average Bonchev–Trinajstić information content (AvgIpc) is 3.15. The number of amides is 2. The molecule has 120 valence electrons. The molecule has 3 rings (SSSR count). The van der Waals surface area contributed by atoms with Gasteiger partial charge in [-0.1, -0.05) is 0 Å². The highest BCUT2D eigenvalue weighted by Gasteiger charge is 2.28. The van der Waals surface area contributed by atoms with Crippen LogP contribution in [0.4, 0.5) is 0 Å². The molecule has 1 unspecified atom stereocenters. The standard InChI is InChI=1S/C17H20N4O2/c1-18-16(22)14-3-2-9-20(11-14)17(23)13-4-6-15(7-5-13)21-10-8-19-12-21/h4-8,10,12,14H,2-3,9,11H2,1H3,(H,18,22). The molecule has 2 aromatic rings. The van der Waals surface area contributed by atoms with E-state index < -0.39 is 0 Å². The van der Waals surface area contributed by atoms with E-state index in [9.17, 15) is 9.59 Å². The van der Waals surface area contributed by atoms with Gasteiger partial charge in [-0.15, -0.1) is 0 Å². The van der Waals surface area contributed by atoms with Crippen LogP contribution in [-0.4, -0.2) is 46.4 Å². The number of piperidine rings is 1. The maximum atomic E-state index is 12.6. The lowest BCUT2D eigenvalue weighted by atomic mass is 9.96. The SMILES string of the molecule is CNC(=O)C1CCCN(C(=O)c2ccc(-n3ccnc3)cc2)C1. The quantitative estimate of drug-likeness (QED) is 0.933. The Bertz CT molecular complexity index is 679. The minimum absolute atomic E-state index is 0.0120. The van der Waals surface area contributed by atoms with E-state index in [4.69, 9.17) is 0 Å². The van der Waals surface area contributed by atoms with Gasteiger partial charge in [-0.2, -0.15) is 0 Å². The summed E-state index contributed by atoms with van der Waals surface area (Å²) in [5, 5.41) is 2.67. The Labute approximate surface area is 135 Å². The molecule has 0 aliphatic carbocycles. The van der Waals surface area contributed by atoms with Crippen molar-refractivity contribution in [3.63, 3.8) is 0 Å². The zero-order valence-corrected chi connectivity index (χ0v) is 13.1. The van der Waals surface area contributed by atoms with Crippen LogP contribution in [0.25, 0.3) is 5.69 Å². The van der Waals surface area contributed by atoms with Crippen molar-refractivity contribution < 1.29 is 9.59 Å². The Morgan fingerprint density at radius 3 is 2.70 bits per heavy atom. The third kappa shape index (κ3) is 3.26. The first kappa shape index (κ1) is 15.3. The second-order valence-electron chi connectivity index (χ2n) is 5.72. The van der Waals surface area contributed by atoms with Crippen molar-refractivity contribution in [2.45, 2.75) is 12.8 Å². The fourth-order valence-corrected chi connectivity index (χ4v) is 2.95. The number of carbonyl (C=O) groups excluding carboxylic acids is 2. The Morgan fingerprint density at radius 2 is 2.04 bits per heavy atom. The molecule has 1 atom stereocenters. The monoisotopic (exact) mass is 312 g/mol.